The molecule has 1 aromatic heterocycles. The van der Waals surface area contributed by atoms with Crippen LogP contribution in [0, 0.1) is 6.85 Å². The van der Waals surface area contributed by atoms with E-state index in [4.69, 9.17) is 19.8 Å². The number of hydrogen-bond acceptors (Lipinski definition) is 3. The van der Waals surface area contributed by atoms with Crippen LogP contribution in [0.15, 0.2) is 6.20 Å². The molecule has 0 unspecified atom stereocenters. The number of rotatable bonds is 1. The fraction of sp³-hybridized carbons (Fsp3) is 0.333. The second-order valence-corrected chi connectivity index (χ2v) is 1.82. The molecule has 1 rings (SSSR count). The molecule has 3 nitrogen and oxygen atoms in total. The highest BCUT2D eigenvalue weighted by molar-refractivity contribution is 6.30. The van der Waals surface area contributed by atoms with E-state index in [1.165, 1.54) is 0 Å². The molecule has 0 radical (unpaired) electrons. The van der Waals surface area contributed by atoms with Crippen LogP contribution in [-0.2, 0) is 0 Å². The minimum absolute atomic E-state index is 0.257. The average molecular weight is 165 g/mol. The number of aromatic nitrogens is 2. The van der Waals surface area contributed by atoms with Gasteiger partial charge >= 0.3 is 6.01 Å². The van der Waals surface area contributed by atoms with Gasteiger partial charge in [0.2, 0.25) is 0 Å². The molecule has 0 aliphatic rings. The molecule has 0 saturated heterocycles. The van der Waals surface area contributed by atoms with Crippen molar-refractivity contribution in [2.45, 2.75) is 6.85 Å². The molecule has 0 aliphatic carbocycles. The molecule has 0 aromatic carbocycles. The number of ether oxygens (including phenoxy) is 1. The molecular weight excluding hydrogens is 152 g/mol. The lowest BCUT2D eigenvalue weighted by molar-refractivity contribution is 0.379. The predicted octanol–water partition coefficient (Wildman–Crippen LogP) is 1.45. The monoisotopic (exact) mass is 164 g/mol. The van der Waals surface area contributed by atoms with Gasteiger partial charge in [0.05, 0.1) is 11.2 Å². The molecule has 10 heavy (non-hydrogen) atoms. The van der Waals surface area contributed by atoms with Gasteiger partial charge in [-0.2, -0.15) is 4.98 Å². The number of aryl methyl sites for hydroxylation is 1. The zero-order valence-corrected chi connectivity index (χ0v) is 5.51. The maximum Gasteiger partial charge on any atom is 0.317 e. The Kier molecular flexibility index (Phi) is 0.754. The molecule has 0 bridgehead atoms. The van der Waals surface area contributed by atoms with Crippen LogP contribution in [0.5, 0.6) is 6.01 Å². The maximum absolute atomic E-state index is 7.08. The summed E-state index contributed by atoms with van der Waals surface area (Å²) in [6.07, 6.45) is 0.920. The van der Waals surface area contributed by atoms with Crippen molar-refractivity contribution in [1.82, 2.24) is 9.97 Å². The van der Waals surface area contributed by atoms with Crippen molar-refractivity contribution in [2.75, 3.05) is 7.04 Å². The third kappa shape index (κ3) is 1.36. The van der Waals surface area contributed by atoms with Gasteiger partial charge in [-0.25, -0.2) is 4.98 Å². The third-order valence-electron chi connectivity index (χ3n) is 0.811. The Labute approximate surface area is 72.4 Å². The van der Waals surface area contributed by atoms with Crippen LogP contribution in [0.3, 0.4) is 0 Å². The highest BCUT2D eigenvalue weighted by atomic mass is 35.5. The molecule has 4 heteroatoms. The van der Waals surface area contributed by atoms with E-state index >= 15 is 0 Å². The normalized spacial score (nSPS) is 20.9. The third-order valence-corrected chi connectivity index (χ3v) is 1.10. The van der Waals surface area contributed by atoms with Crippen molar-refractivity contribution in [3.63, 3.8) is 0 Å². The Morgan fingerprint density at radius 1 is 1.80 bits per heavy atom. The summed E-state index contributed by atoms with van der Waals surface area (Å²) in [5.41, 5.74) is -0.257. The van der Waals surface area contributed by atoms with Gasteiger partial charge in [-0.05, 0) is 6.85 Å². The molecule has 0 amide bonds. The number of nitrogens with zero attached hydrogens (tertiary/aromatic N) is 2. The second-order valence-electron chi connectivity index (χ2n) is 1.46. The molecule has 0 saturated carbocycles. The van der Waals surface area contributed by atoms with Crippen molar-refractivity contribution in [3.8, 4) is 6.01 Å². The Bertz CT molecular complexity index is 390. The average Bonchev–Trinajstić information content (AvgIpc) is 1.97. The molecule has 0 atom stereocenters. The summed E-state index contributed by atoms with van der Waals surface area (Å²) in [5, 5.41) is -0.353. The van der Waals surface area contributed by atoms with Crippen LogP contribution in [0.1, 0.15) is 13.8 Å². The first kappa shape index (κ1) is 2.66. The topological polar surface area (TPSA) is 35.0 Å². The largest absolute Gasteiger partial charge is 0.467 e. The van der Waals surface area contributed by atoms with Gasteiger partial charge in [-0.15, -0.1) is 0 Å². The summed E-state index contributed by atoms with van der Waals surface area (Å²) >= 11 is 5.57. The number of hydrogen-bond donors (Lipinski definition) is 0. The molecular formula is C6H7ClN2O. The maximum atomic E-state index is 7.08. The molecule has 1 heterocycles. The van der Waals surface area contributed by atoms with E-state index < -0.39 is 19.9 Å². The second kappa shape index (κ2) is 2.84. The van der Waals surface area contributed by atoms with E-state index in [0.29, 0.717) is 0 Å². The van der Waals surface area contributed by atoms with Gasteiger partial charge in [0.25, 0.3) is 0 Å². The summed E-state index contributed by atoms with van der Waals surface area (Å²) in [6.45, 7) is -2.45. The molecule has 0 fully saturated rings. The molecule has 0 spiro atoms. The van der Waals surface area contributed by atoms with Crippen LogP contribution in [-0.4, -0.2) is 17.0 Å². The van der Waals surface area contributed by atoms with Crippen LogP contribution in [0.4, 0.5) is 0 Å². The lowest BCUT2D eigenvalue weighted by Gasteiger charge is -1.98. The van der Waals surface area contributed by atoms with Crippen LogP contribution in [0.2, 0.25) is 5.15 Å². The summed E-state index contributed by atoms with van der Waals surface area (Å²) in [7, 11) is -2.70. The fourth-order valence-electron chi connectivity index (χ4n) is 0.395. The summed E-state index contributed by atoms with van der Waals surface area (Å²) < 4.78 is 46.0. The van der Waals surface area contributed by atoms with Crippen LogP contribution >= 0.6 is 11.6 Å². The Balaban J connectivity index is 3.01. The van der Waals surface area contributed by atoms with Crippen molar-refractivity contribution >= 4 is 11.6 Å². The van der Waals surface area contributed by atoms with Gasteiger partial charge in [0, 0.05) is 15.9 Å². The molecule has 0 aliphatic heterocycles. The first-order valence-corrected chi connectivity index (χ1v) is 2.69. The summed E-state index contributed by atoms with van der Waals surface area (Å²) in [4.78, 5) is 6.89. The first-order chi connectivity index (χ1) is 7.09. The Morgan fingerprint density at radius 2 is 2.70 bits per heavy atom. The Morgan fingerprint density at radius 3 is 3.30 bits per heavy atom. The fourth-order valence-corrected chi connectivity index (χ4v) is 0.516. The smallest absolute Gasteiger partial charge is 0.317 e. The number of methoxy groups -OCH3 is 1. The van der Waals surface area contributed by atoms with E-state index in [0.717, 1.165) is 6.20 Å². The van der Waals surface area contributed by atoms with Gasteiger partial charge in [0.1, 0.15) is 5.15 Å². The number of halogens is 1. The van der Waals surface area contributed by atoms with Crippen molar-refractivity contribution in [2.24, 2.45) is 0 Å². The lowest BCUT2D eigenvalue weighted by atomic mass is 10.4. The van der Waals surface area contributed by atoms with E-state index in [9.17, 15) is 0 Å². The van der Waals surface area contributed by atoms with Crippen molar-refractivity contribution in [3.05, 3.63) is 16.9 Å². The Hall–Kier alpha value is -0.830. The van der Waals surface area contributed by atoms with Crippen LogP contribution < -0.4 is 4.74 Å². The van der Waals surface area contributed by atoms with Crippen molar-refractivity contribution < 1.29 is 13.0 Å². The van der Waals surface area contributed by atoms with E-state index in [1.54, 1.807) is 0 Å². The molecule has 1 aromatic rings. The lowest BCUT2D eigenvalue weighted by Crippen LogP contribution is -1.92. The van der Waals surface area contributed by atoms with Crippen molar-refractivity contribution in [1.29, 1.82) is 0 Å². The molecule has 54 valence electrons. The SMILES string of the molecule is [2H]C([2H])([2H])Oc1ncc(C([2H])([2H])[2H])c(Cl)n1. The zero-order chi connectivity index (χ0) is 12.6. The van der Waals surface area contributed by atoms with Gasteiger partial charge < -0.3 is 4.74 Å². The van der Waals surface area contributed by atoms with E-state index in [2.05, 4.69) is 14.7 Å². The standard InChI is InChI=1S/C6H7ClN2O/c1-4-3-8-6(10-2)9-5(4)7/h3H,1-2H3/i1D3,2D3. The minimum Gasteiger partial charge on any atom is -0.467 e. The van der Waals surface area contributed by atoms with Gasteiger partial charge in [-0.1, -0.05) is 11.6 Å². The predicted molar refractivity (Wildman–Crippen MR) is 38.3 cm³/mol. The zero-order valence-electron chi connectivity index (χ0n) is 10.8. The highest BCUT2D eigenvalue weighted by Crippen LogP contribution is 2.12. The van der Waals surface area contributed by atoms with E-state index in [1.807, 2.05) is 0 Å². The summed E-state index contributed by atoms with van der Waals surface area (Å²) in [6, 6.07) is -0.488. The quantitative estimate of drug-likeness (QED) is 0.590. The minimum atomic E-state index is -2.70. The van der Waals surface area contributed by atoms with Gasteiger partial charge in [0.15, 0.2) is 0 Å². The molecule has 0 N–H and O–H groups in total. The highest BCUT2D eigenvalue weighted by Gasteiger charge is 1.98. The summed E-state index contributed by atoms with van der Waals surface area (Å²) in [5.74, 6) is 0. The van der Waals surface area contributed by atoms with Crippen LogP contribution in [0.25, 0.3) is 0 Å². The van der Waals surface area contributed by atoms with E-state index in [-0.39, 0.29) is 10.7 Å². The first-order valence-electron chi connectivity index (χ1n) is 5.31. The van der Waals surface area contributed by atoms with Gasteiger partial charge in [-0.3, -0.25) is 0 Å².